The summed E-state index contributed by atoms with van der Waals surface area (Å²) in [4.78, 5) is 14.8. The van der Waals surface area contributed by atoms with Gasteiger partial charge in [-0.05, 0) is 54.8 Å². The zero-order chi connectivity index (χ0) is 16.7. The smallest absolute Gasteiger partial charge is 0.236 e. The molecule has 1 amide bonds. The Kier molecular flexibility index (Phi) is 3.48. The van der Waals surface area contributed by atoms with E-state index in [1.165, 1.54) is 5.56 Å². The van der Waals surface area contributed by atoms with Crippen LogP contribution in [0.2, 0.25) is 0 Å². The predicted octanol–water partition coefficient (Wildman–Crippen LogP) is 3.96. The minimum absolute atomic E-state index is 0.109. The number of anilines is 1. The lowest BCUT2D eigenvalue weighted by Crippen LogP contribution is -2.66. The minimum Gasteiger partial charge on any atom is -0.497 e. The molecule has 2 aromatic rings. The van der Waals surface area contributed by atoms with Crippen LogP contribution in [0, 0.1) is 5.41 Å². The van der Waals surface area contributed by atoms with Gasteiger partial charge in [0.1, 0.15) is 11.5 Å². The average Bonchev–Trinajstić information content (AvgIpc) is 2.59. The van der Waals surface area contributed by atoms with Crippen molar-refractivity contribution in [2.75, 3.05) is 19.1 Å². The third-order valence-electron chi connectivity index (χ3n) is 5.45. The Hall–Kier alpha value is -2.49. The van der Waals surface area contributed by atoms with Gasteiger partial charge >= 0.3 is 0 Å². The molecule has 4 heteroatoms. The predicted molar refractivity (Wildman–Crippen MR) is 92.5 cm³/mol. The second-order valence-electron chi connectivity index (χ2n) is 6.56. The highest BCUT2D eigenvalue weighted by atomic mass is 16.5. The maximum Gasteiger partial charge on any atom is 0.236 e. The first-order chi connectivity index (χ1) is 11.7. The largest absolute Gasteiger partial charge is 0.497 e. The number of carbonyl (C=O) groups is 1. The van der Waals surface area contributed by atoms with Crippen molar-refractivity contribution >= 4 is 11.6 Å². The second kappa shape index (κ2) is 5.55. The van der Waals surface area contributed by atoms with E-state index < -0.39 is 0 Å². The minimum atomic E-state index is -0.200. The molecule has 0 bridgehead atoms. The van der Waals surface area contributed by atoms with Crippen LogP contribution in [-0.2, 0) is 4.79 Å². The third kappa shape index (κ3) is 2.02. The summed E-state index contributed by atoms with van der Waals surface area (Å²) in [7, 11) is 3.31. The van der Waals surface area contributed by atoms with E-state index in [0.717, 1.165) is 36.4 Å². The van der Waals surface area contributed by atoms with Crippen molar-refractivity contribution in [2.45, 2.75) is 25.3 Å². The molecule has 124 valence electrons. The highest BCUT2D eigenvalue weighted by Gasteiger charge is 2.64. The van der Waals surface area contributed by atoms with Gasteiger partial charge in [0.2, 0.25) is 5.91 Å². The summed E-state index contributed by atoms with van der Waals surface area (Å²) in [5.41, 5.74) is 1.90. The molecule has 1 unspecified atom stereocenters. The van der Waals surface area contributed by atoms with Crippen LogP contribution in [0.1, 0.15) is 30.9 Å². The lowest BCUT2D eigenvalue weighted by molar-refractivity contribution is -0.148. The highest BCUT2D eigenvalue weighted by molar-refractivity contribution is 6.06. The zero-order valence-corrected chi connectivity index (χ0v) is 14.0. The summed E-state index contributed by atoms with van der Waals surface area (Å²) in [6.45, 7) is 0. The summed E-state index contributed by atoms with van der Waals surface area (Å²) in [5, 5.41) is 0. The lowest BCUT2D eigenvalue weighted by Gasteiger charge is -2.60. The maximum atomic E-state index is 12.9. The molecular formula is C20H21NO3. The van der Waals surface area contributed by atoms with E-state index in [1.807, 2.05) is 41.3 Å². The van der Waals surface area contributed by atoms with Crippen molar-refractivity contribution in [3.63, 3.8) is 0 Å². The van der Waals surface area contributed by atoms with E-state index in [1.54, 1.807) is 14.2 Å². The summed E-state index contributed by atoms with van der Waals surface area (Å²) in [6.07, 6.45) is 3.10. The van der Waals surface area contributed by atoms with Crippen LogP contribution < -0.4 is 14.4 Å². The number of amides is 1. The van der Waals surface area contributed by atoms with Gasteiger partial charge in [-0.2, -0.15) is 0 Å². The van der Waals surface area contributed by atoms with E-state index in [2.05, 4.69) is 12.1 Å². The van der Waals surface area contributed by atoms with Gasteiger partial charge in [0.25, 0.3) is 0 Å². The van der Waals surface area contributed by atoms with Crippen molar-refractivity contribution in [1.82, 2.24) is 0 Å². The fraction of sp³-hybridized carbons (Fsp3) is 0.350. The van der Waals surface area contributed by atoms with E-state index in [9.17, 15) is 4.79 Å². The van der Waals surface area contributed by atoms with Crippen molar-refractivity contribution in [3.05, 3.63) is 54.1 Å². The number of β-lactam (4-membered cyclic amide) rings is 1. The van der Waals surface area contributed by atoms with Crippen molar-refractivity contribution in [1.29, 1.82) is 0 Å². The Morgan fingerprint density at radius 1 is 0.917 bits per heavy atom. The van der Waals surface area contributed by atoms with Crippen LogP contribution in [-0.4, -0.2) is 20.1 Å². The maximum absolute atomic E-state index is 12.9. The molecule has 2 aromatic carbocycles. The number of rotatable bonds is 4. The van der Waals surface area contributed by atoms with Gasteiger partial charge in [0.15, 0.2) is 0 Å². The van der Waals surface area contributed by atoms with E-state index in [0.29, 0.717) is 0 Å². The van der Waals surface area contributed by atoms with Gasteiger partial charge < -0.3 is 14.4 Å². The van der Waals surface area contributed by atoms with Crippen LogP contribution in [0.25, 0.3) is 0 Å². The van der Waals surface area contributed by atoms with Gasteiger partial charge in [-0.3, -0.25) is 4.79 Å². The number of ether oxygens (including phenoxy) is 2. The molecular weight excluding hydrogens is 302 g/mol. The number of methoxy groups -OCH3 is 2. The Morgan fingerprint density at radius 3 is 1.92 bits per heavy atom. The van der Waals surface area contributed by atoms with E-state index >= 15 is 0 Å². The normalized spacial score (nSPS) is 21.2. The molecule has 0 radical (unpaired) electrons. The molecule has 24 heavy (non-hydrogen) atoms. The summed E-state index contributed by atoms with van der Waals surface area (Å²) < 4.78 is 10.5. The number of benzene rings is 2. The first-order valence-electron chi connectivity index (χ1n) is 8.31. The van der Waals surface area contributed by atoms with Gasteiger partial charge in [0.05, 0.1) is 25.7 Å². The summed E-state index contributed by atoms with van der Waals surface area (Å²) in [5.74, 6) is 1.88. The third-order valence-corrected chi connectivity index (χ3v) is 5.45. The standard InChI is InChI=1S/C20H21NO3/c1-23-16-8-4-14(5-9-16)18-20(12-3-13-20)19(22)21(18)15-6-10-17(24-2)11-7-15/h4-11,18H,3,12-13H2,1-2H3. The Morgan fingerprint density at radius 2 is 1.46 bits per heavy atom. The van der Waals surface area contributed by atoms with Crippen LogP contribution >= 0.6 is 0 Å². The molecule has 1 saturated heterocycles. The molecule has 1 aliphatic heterocycles. The second-order valence-corrected chi connectivity index (χ2v) is 6.56. The number of hydrogen-bond donors (Lipinski definition) is 0. The van der Waals surface area contributed by atoms with Crippen LogP contribution in [0.4, 0.5) is 5.69 Å². The Balaban J connectivity index is 1.70. The number of nitrogens with zero attached hydrogens (tertiary/aromatic N) is 1. The molecule has 1 spiro atoms. The first kappa shape index (κ1) is 15.1. The number of hydrogen-bond acceptors (Lipinski definition) is 3. The molecule has 2 aliphatic rings. The topological polar surface area (TPSA) is 38.8 Å². The Labute approximate surface area is 142 Å². The lowest BCUT2D eigenvalue weighted by atomic mass is 9.55. The molecule has 2 fully saturated rings. The fourth-order valence-electron chi connectivity index (χ4n) is 3.96. The molecule has 0 N–H and O–H groups in total. The number of carbonyl (C=O) groups excluding carboxylic acids is 1. The highest BCUT2D eigenvalue weighted by Crippen LogP contribution is 2.62. The van der Waals surface area contributed by atoms with Crippen molar-refractivity contribution < 1.29 is 14.3 Å². The van der Waals surface area contributed by atoms with Gasteiger partial charge in [-0.15, -0.1) is 0 Å². The summed E-state index contributed by atoms with van der Waals surface area (Å²) >= 11 is 0. The SMILES string of the molecule is COc1ccc(C2N(c3ccc(OC)cc3)C(=O)C23CCC3)cc1. The van der Waals surface area contributed by atoms with Crippen molar-refractivity contribution in [2.24, 2.45) is 5.41 Å². The fourth-order valence-corrected chi connectivity index (χ4v) is 3.96. The summed E-state index contributed by atoms with van der Waals surface area (Å²) in [6, 6.07) is 15.9. The van der Waals surface area contributed by atoms with Gasteiger partial charge in [-0.25, -0.2) is 0 Å². The van der Waals surface area contributed by atoms with Crippen LogP contribution in [0.15, 0.2) is 48.5 Å². The first-order valence-corrected chi connectivity index (χ1v) is 8.31. The molecule has 4 rings (SSSR count). The monoisotopic (exact) mass is 323 g/mol. The molecule has 1 atom stereocenters. The van der Waals surface area contributed by atoms with Crippen LogP contribution in [0.5, 0.6) is 11.5 Å². The van der Waals surface area contributed by atoms with Gasteiger partial charge in [0, 0.05) is 5.69 Å². The molecule has 1 saturated carbocycles. The quantitative estimate of drug-likeness (QED) is 0.799. The van der Waals surface area contributed by atoms with E-state index in [4.69, 9.17) is 9.47 Å². The molecule has 1 aliphatic carbocycles. The zero-order valence-electron chi connectivity index (χ0n) is 14.0. The average molecular weight is 323 g/mol. The molecule has 4 nitrogen and oxygen atoms in total. The van der Waals surface area contributed by atoms with Crippen LogP contribution in [0.3, 0.4) is 0 Å². The Bertz CT molecular complexity index is 747. The van der Waals surface area contributed by atoms with E-state index in [-0.39, 0.29) is 17.4 Å². The molecule has 0 aromatic heterocycles. The van der Waals surface area contributed by atoms with Gasteiger partial charge in [-0.1, -0.05) is 18.6 Å². The van der Waals surface area contributed by atoms with Crippen molar-refractivity contribution in [3.8, 4) is 11.5 Å². The molecule has 1 heterocycles.